The molecule has 0 saturated carbocycles. The lowest BCUT2D eigenvalue weighted by molar-refractivity contribution is -0.138. The Bertz CT molecular complexity index is 955. The van der Waals surface area contributed by atoms with E-state index in [1.807, 2.05) is 18.2 Å². The van der Waals surface area contributed by atoms with Crippen molar-refractivity contribution in [1.82, 2.24) is 0 Å². The number of hydrogen-bond acceptors (Lipinski definition) is 2. The second kappa shape index (κ2) is 6.41. The van der Waals surface area contributed by atoms with Gasteiger partial charge in [-0.25, -0.2) is 4.79 Å². The Balaban J connectivity index is 1.90. The molecule has 0 amide bonds. The number of hydrogen-bond donors (Lipinski definition) is 2. The summed E-state index contributed by atoms with van der Waals surface area (Å²) in [4.78, 5) is 11.7. The van der Waals surface area contributed by atoms with E-state index >= 15 is 0 Å². The molecule has 2 N–H and O–H groups in total. The normalized spacial score (nSPS) is 23.5. The van der Waals surface area contributed by atoms with Crippen LogP contribution in [0.3, 0.4) is 0 Å². The van der Waals surface area contributed by atoms with Crippen LogP contribution in [0.5, 0.6) is 0 Å². The Morgan fingerprint density at radius 3 is 2.63 bits per heavy atom. The summed E-state index contributed by atoms with van der Waals surface area (Å²) in [6.07, 6.45) is 0.0700. The van der Waals surface area contributed by atoms with Crippen LogP contribution < -0.4 is 5.32 Å². The van der Waals surface area contributed by atoms with Gasteiger partial charge in [-0.15, -0.1) is 0 Å². The lowest BCUT2D eigenvalue weighted by Crippen LogP contribution is -2.32. The SMILES string of the molecule is O=C(O)c1cc(Br)cc2c1N[C@@H](c1ccccc1C(F)(F)F)[C@H]1CC=C[C@@H]21. The van der Waals surface area contributed by atoms with Crippen LogP contribution in [0.1, 0.15) is 45.4 Å². The fraction of sp³-hybridized carbons (Fsp3) is 0.250. The summed E-state index contributed by atoms with van der Waals surface area (Å²) in [5.74, 6) is -1.37. The zero-order valence-electron chi connectivity index (χ0n) is 13.9. The second-order valence-electron chi connectivity index (χ2n) is 6.78. The van der Waals surface area contributed by atoms with Gasteiger partial charge < -0.3 is 10.4 Å². The predicted octanol–water partition coefficient (Wildman–Crippen LogP) is 5.99. The molecule has 0 fully saturated rings. The van der Waals surface area contributed by atoms with Gasteiger partial charge >= 0.3 is 12.1 Å². The zero-order chi connectivity index (χ0) is 19.3. The Morgan fingerprint density at radius 1 is 1.19 bits per heavy atom. The fourth-order valence-corrected chi connectivity index (χ4v) is 4.64. The predicted molar refractivity (Wildman–Crippen MR) is 98.9 cm³/mol. The molecular formula is C20H15BrF3NO2. The van der Waals surface area contributed by atoms with E-state index in [0.717, 1.165) is 11.6 Å². The number of carbonyl (C=O) groups is 1. The van der Waals surface area contributed by atoms with Crippen molar-refractivity contribution in [2.45, 2.75) is 24.6 Å². The van der Waals surface area contributed by atoms with Crippen LogP contribution in [-0.4, -0.2) is 11.1 Å². The van der Waals surface area contributed by atoms with E-state index in [-0.39, 0.29) is 23.0 Å². The maximum atomic E-state index is 13.6. The molecule has 3 nitrogen and oxygen atoms in total. The number of carboxylic acid groups (broad SMARTS) is 1. The van der Waals surface area contributed by atoms with E-state index < -0.39 is 23.8 Å². The average molecular weight is 438 g/mol. The monoisotopic (exact) mass is 437 g/mol. The van der Waals surface area contributed by atoms with Crippen molar-refractivity contribution in [2.75, 3.05) is 5.32 Å². The van der Waals surface area contributed by atoms with Gasteiger partial charge in [0.1, 0.15) is 0 Å². The quantitative estimate of drug-likeness (QED) is 0.567. The molecule has 1 aliphatic carbocycles. The Kier molecular flexibility index (Phi) is 4.29. The van der Waals surface area contributed by atoms with E-state index in [1.54, 1.807) is 6.07 Å². The third kappa shape index (κ3) is 3.04. The third-order valence-corrected chi connectivity index (χ3v) is 5.72. The Labute approximate surface area is 162 Å². The molecule has 7 heteroatoms. The molecule has 0 radical (unpaired) electrons. The average Bonchev–Trinajstić information content (AvgIpc) is 3.10. The number of carboxylic acids is 1. The molecule has 0 aromatic heterocycles. The highest BCUT2D eigenvalue weighted by Crippen LogP contribution is 2.52. The van der Waals surface area contributed by atoms with Crippen LogP contribution in [0.15, 0.2) is 53.0 Å². The van der Waals surface area contributed by atoms with Crippen molar-refractivity contribution in [3.05, 3.63) is 75.3 Å². The van der Waals surface area contributed by atoms with Crippen molar-refractivity contribution in [1.29, 1.82) is 0 Å². The fourth-order valence-electron chi connectivity index (χ4n) is 4.17. The number of anilines is 1. The summed E-state index contributed by atoms with van der Waals surface area (Å²) in [5.41, 5.74) is 0.688. The maximum absolute atomic E-state index is 13.6. The van der Waals surface area contributed by atoms with Gasteiger partial charge in [-0.1, -0.05) is 46.3 Å². The van der Waals surface area contributed by atoms with E-state index in [1.165, 1.54) is 18.2 Å². The van der Waals surface area contributed by atoms with Crippen LogP contribution in [0.4, 0.5) is 18.9 Å². The first kappa shape index (κ1) is 18.1. The van der Waals surface area contributed by atoms with Gasteiger partial charge in [-0.3, -0.25) is 0 Å². The van der Waals surface area contributed by atoms with Crippen LogP contribution in [-0.2, 0) is 6.18 Å². The molecule has 0 bridgehead atoms. The van der Waals surface area contributed by atoms with Gasteiger partial charge in [0.2, 0.25) is 0 Å². The zero-order valence-corrected chi connectivity index (χ0v) is 15.5. The van der Waals surface area contributed by atoms with Crippen LogP contribution in [0, 0.1) is 5.92 Å². The van der Waals surface area contributed by atoms with Crippen LogP contribution in [0.25, 0.3) is 0 Å². The van der Waals surface area contributed by atoms with Gasteiger partial charge in [0.25, 0.3) is 0 Å². The van der Waals surface area contributed by atoms with Crippen LogP contribution >= 0.6 is 15.9 Å². The molecule has 0 unspecified atom stereocenters. The summed E-state index contributed by atoms with van der Waals surface area (Å²) in [7, 11) is 0. The number of allylic oxidation sites excluding steroid dienone is 2. The summed E-state index contributed by atoms with van der Waals surface area (Å²) in [5, 5.41) is 12.7. The summed E-state index contributed by atoms with van der Waals surface area (Å²) in [6, 6.07) is 8.18. The summed E-state index contributed by atoms with van der Waals surface area (Å²) < 4.78 is 41.3. The Morgan fingerprint density at radius 2 is 1.93 bits per heavy atom. The lowest BCUT2D eigenvalue weighted by Gasteiger charge is -2.39. The van der Waals surface area contributed by atoms with Gasteiger partial charge in [0.05, 0.1) is 22.9 Å². The first-order valence-corrected chi connectivity index (χ1v) is 9.22. The van der Waals surface area contributed by atoms with Crippen molar-refractivity contribution < 1.29 is 23.1 Å². The van der Waals surface area contributed by atoms with Crippen LogP contribution in [0.2, 0.25) is 0 Å². The minimum absolute atomic E-state index is 0.0487. The second-order valence-corrected chi connectivity index (χ2v) is 7.70. The molecule has 140 valence electrons. The van der Waals surface area contributed by atoms with E-state index in [2.05, 4.69) is 21.2 Å². The van der Waals surface area contributed by atoms with Crippen molar-refractivity contribution >= 4 is 27.6 Å². The summed E-state index contributed by atoms with van der Waals surface area (Å²) in [6.45, 7) is 0. The molecule has 1 heterocycles. The number of benzene rings is 2. The smallest absolute Gasteiger partial charge is 0.416 e. The molecule has 4 rings (SSSR count). The molecule has 2 aliphatic rings. The number of rotatable bonds is 2. The van der Waals surface area contributed by atoms with Gasteiger partial charge in [-0.2, -0.15) is 13.2 Å². The summed E-state index contributed by atoms with van der Waals surface area (Å²) >= 11 is 3.34. The van der Waals surface area contributed by atoms with Crippen molar-refractivity contribution in [2.24, 2.45) is 5.92 Å². The molecule has 2 aromatic rings. The number of fused-ring (bicyclic) bond motifs is 3. The van der Waals surface area contributed by atoms with Gasteiger partial charge in [0.15, 0.2) is 0 Å². The number of aromatic carboxylic acids is 1. The molecular weight excluding hydrogens is 423 g/mol. The first-order chi connectivity index (χ1) is 12.8. The van der Waals surface area contributed by atoms with Gasteiger partial charge in [-0.05, 0) is 41.7 Å². The minimum Gasteiger partial charge on any atom is -0.478 e. The number of alkyl halides is 3. The molecule has 27 heavy (non-hydrogen) atoms. The van der Waals surface area contributed by atoms with Crippen molar-refractivity contribution in [3.63, 3.8) is 0 Å². The molecule has 0 saturated heterocycles. The molecule has 1 aliphatic heterocycles. The highest BCUT2D eigenvalue weighted by molar-refractivity contribution is 9.10. The minimum atomic E-state index is -4.48. The lowest BCUT2D eigenvalue weighted by atomic mass is 9.75. The van der Waals surface area contributed by atoms with E-state index in [4.69, 9.17) is 0 Å². The third-order valence-electron chi connectivity index (χ3n) is 5.27. The molecule has 3 atom stereocenters. The van der Waals surface area contributed by atoms with Gasteiger partial charge in [0, 0.05) is 10.4 Å². The van der Waals surface area contributed by atoms with E-state index in [9.17, 15) is 23.1 Å². The highest BCUT2D eigenvalue weighted by Gasteiger charge is 2.43. The van der Waals surface area contributed by atoms with E-state index in [0.29, 0.717) is 16.6 Å². The molecule has 0 spiro atoms. The number of nitrogens with one attached hydrogen (secondary N) is 1. The largest absolute Gasteiger partial charge is 0.478 e. The first-order valence-electron chi connectivity index (χ1n) is 8.43. The molecule has 2 aromatic carbocycles. The number of halogens is 4. The topological polar surface area (TPSA) is 49.3 Å². The van der Waals surface area contributed by atoms with Crippen molar-refractivity contribution in [3.8, 4) is 0 Å². The standard InChI is InChI=1S/C20H15BrF3NO2/c21-10-8-14-11-5-3-6-12(11)17(25-18(14)15(9-10)19(26)27)13-4-1-2-7-16(13)20(22,23)24/h1-5,7-9,11-12,17,25H,6H2,(H,26,27)/t11-,12+,17-/m1/s1. The maximum Gasteiger partial charge on any atom is 0.416 e. The highest BCUT2D eigenvalue weighted by atomic mass is 79.9. The Hall–Kier alpha value is -2.28.